The molecule has 1 N–H and O–H groups in total. The highest BCUT2D eigenvalue weighted by Gasteiger charge is 2.17. The first-order chi connectivity index (χ1) is 11.7. The van der Waals surface area contributed by atoms with Gasteiger partial charge >= 0.3 is 0 Å². The van der Waals surface area contributed by atoms with Crippen LogP contribution in [0.25, 0.3) is 16.8 Å². The third-order valence-electron chi connectivity index (χ3n) is 4.30. The molecular weight excluding hydrogens is 324 g/mol. The molecule has 1 aromatic carbocycles. The molecule has 1 aliphatic rings. The molecule has 6 heteroatoms. The van der Waals surface area contributed by atoms with Gasteiger partial charge in [-0.1, -0.05) is 29.8 Å². The molecule has 2 aromatic heterocycles. The van der Waals surface area contributed by atoms with Gasteiger partial charge in [0.05, 0.1) is 12.3 Å². The summed E-state index contributed by atoms with van der Waals surface area (Å²) in [6, 6.07) is 9.77. The number of aromatic nitrogens is 3. The number of benzene rings is 1. The lowest BCUT2D eigenvalue weighted by atomic mass is 10.1. The zero-order valence-corrected chi connectivity index (χ0v) is 14.3. The Balaban J connectivity index is 1.72. The molecule has 0 saturated carbocycles. The third-order valence-corrected chi connectivity index (χ3v) is 4.63. The summed E-state index contributed by atoms with van der Waals surface area (Å²) in [6.07, 6.45) is 4.33. The van der Waals surface area contributed by atoms with E-state index in [1.807, 2.05) is 48.0 Å². The minimum atomic E-state index is 0.270. The van der Waals surface area contributed by atoms with E-state index in [4.69, 9.17) is 16.3 Å². The third kappa shape index (κ3) is 2.85. The van der Waals surface area contributed by atoms with Crippen LogP contribution in [0.5, 0.6) is 0 Å². The van der Waals surface area contributed by atoms with Crippen molar-refractivity contribution in [2.75, 3.05) is 18.5 Å². The van der Waals surface area contributed by atoms with Crippen molar-refractivity contribution in [3.05, 3.63) is 47.2 Å². The Morgan fingerprint density at radius 2 is 2.21 bits per heavy atom. The molecule has 1 atom stereocenters. The molecule has 0 amide bonds. The molecule has 4 rings (SSSR count). The van der Waals surface area contributed by atoms with Crippen molar-refractivity contribution >= 4 is 23.1 Å². The zero-order valence-electron chi connectivity index (χ0n) is 13.5. The van der Waals surface area contributed by atoms with Gasteiger partial charge in [0.2, 0.25) is 0 Å². The Morgan fingerprint density at radius 3 is 3.00 bits per heavy atom. The molecule has 0 aliphatic carbocycles. The minimum absolute atomic E-state index is 0.270. The summed E-state index contributed by atoms with van der Waals surface area (Å²) >= 11 is 6.35. The largest absolute Gasteiger partial charge is 0.376 e. The number of nitrogens with one attached hydrogen (secondary N) is 1. The summed E-state index contributed by atoms with van der Waals surface area (Å²) in [7, 11) is 0. The van der Waals surface area contributed by atoms with Crippen LogP contribution in [-0.2, 0) is 4.74 Å². The number of aryl methyl sites for hydroxylation is 1. The van der Waals surface area contributed by atoms with Crippen molar-refractivity contribution < 1.29 is 4.74 Å². The van der Waals surface area contributed by atoms with Crippen LogP contribution in [0.2, 0.25) is 5.02 Å². The van der Waals surface area contributed by atoms with Crippen molar-refractivity contribution in [1.29, 1.82) is 0 Å². The topological polar surface area (TPSA) is 51.5 Å². The second-order valence-corrected chi connectivity index (χ2v) is 6.48. The van der Waals surface area contributed by atoms with E-state index in [1.165, 1.54) is 0 Å². The molecule has 1 saturated heterocycles. The number of fused-ring (bicyclic) bond motifs is 1. The molecule has 5 nitrogen and oxygen atoms in total. The molecular formula is C18H19ClN4O. The maximum Gasteiger partial charge on any atom is 0.165 e. The summed E-state index contributed by atoms with van der Waals surface area (Å²) in [5, 5.41) is 8.67. The van der Waals surface area contributed by atoms with E-state index in [2.05, 4.69) is 15.4 Å². The van der Waals surface area contributed by atoms with Gasteiger partial charge in [0.25, 0.3) is 0 Å². The Labute approximate surface area is 145 Å². The monoisotopic (exact) mass is 342 g/mol. The molecule has 1 unspecified atom stereocenters. The van der Waals surface area contributed by atoms with Gasteiger partial charge in [-0.05, 0) is 25.8 Å². The van der Waals surface area contributed by atoms with E-state index in [0.717, 1.165) is 54.3 Å². The predicted octanol–water partition coefficient (Wildman–Crippen LogP) is 3.95. The van der Waals surface area contributed by atoms with Gasteiger partial charge in [-0.25, -0.2) is 4.98 Å². The van der Waals surface area contributed by atoms with Crippen LogP contribution in [0.15, 0.2) is 36.5 Å². The van der Waals surface area contributed by atoms with E-state index in [9.17, 15) is 0 Å². The molecule has 24 heavy (non-hydrogen) atoms. The summed E-state index contributed by atoms with van der Waals surface area (Å²) < 4.78 is 7.52. The average Bonchev–Trinajstić information content (AvgIpc) is 3.22. The Kier molecular flexibility index (Phi) is 4.12. The number of anilines is 1. The fourth-order valence-electron chi connectivity index (χ4n) is 3.10. The maximum absolute atomic E-state index is 6.35. The van der Waals surface area contributed by atoms with E-state index in [-0.39, 0.29) is 6.10 Å². The minimum Gasteiger partial charge on any atom is -0.376 e. The summed E-state index contributed by atoms with van der Waals surface area (Å²) in [5.74, 6) is 0.923. The van der Waals surface area contributed by atoms with Crippen LogP contribution in [0.1, 0.15) is 18.5 Å². The first-order valence-corrected chi connectivity index (χ1v) is 8.56. The quantitative estimate of drug-likeness (QED) is 0.780. The number of hydrogen-bond acceptors (Lipinski definition) is 4. The van der Waals surface area contributed by atoms with Crippen LogP contribution in [-0.4, -0.2) is 33.9 Å². The van der Waals surface area contributed by atoms with Gasteiger partial charge in [0.15, 0.2) is 5.65 Å². The lowest BCUT2D eigenvalue weighted by Crippen LogP contribution is -2.20. The van der Waals surface area contributed by atoms with Crippen LogP contribution in [0.3, 0.4) is 0 Å². The predicted molar refractivity (Wildman–Crippen MR) is 95.6 cm³/mol. The van der Waals surface area contributed by atoms with Crippen molar-refractivity contribution in [3.63, 3.8) is 0 Å². The standard InChI is InChI=1S/C18H19ClN4O/c1-12-9-17(20-10-13-5-4-8-24-13)23-18(22-12)15(11-21-23)14-6-2-3-7-16(14)19/h2-3,6-7,9,11,13,20H,4-5,8,10H2,1H3. The van der Waals surface area contributed by atoms with Crippen LogP contribution >= 0.6 is 11.6 Å². The van der Waals surface area contributed by atoms with Crippen molar-refractivity contribution in [1.82, 2.24) is 14.6 Å². The second kappa shape index (κ2) is 6.42. The van der Waals surface area contributed by atoms with Crippen molar-refractivity contribution in [2.24, 2.45) is 0 Å². The molecule has 124 valence electrons. The van der Waals surface area contributed by atoms with Crippen LogP contribution in [0, 0.1) is 6.92 Å². The van der Waals surface area contributed by atoms with E-state index in [0.29, 0.717) is 5.02 Å². The van der Waals surface area contributed by atoms with E-state index < -0.39 is 0 Å². The van der Waals surface area contributed by atoms with Crippen LogP contribution < -0.4 is 5.32 Å². The SMILES string of the molecule is Cc1cc(NCC2CCCO2)n2ncc(-c3ccccc3Cl)c2n1. The van der Waals surface area contributed by atoms with Crippen molar-refractivity contribution in [2.45, 2.75) is 25.9 Å². The fraction of sp³-hybridized carbons (Fsp3) is 0.333. The lowest BCUT2D eigenvalue weighted by molar-refractivity contribution is 0.120. The number of rotatable bonds is 4. The lowest BCUT2D eigenvalue weighted by Gasteiger charge is -2.13. The summed E-state index contributed by atoms with van der Waals surface area (Å²) in [6.45, 7) is 3.62. The van der Waals surface area contributed by atoms with Gasteiger partial charge in [-0.3, -0.25) is 0 Å². The highest BCUT2D eigenvalue weighted by molar-refractivity contribution is 6.33. The molecule has 1 fully saturated rings. The van der Waals surface area contributed by atoms with Gasteiger partial charge in [-0.2, -0.15) is 9.61 Å². The van der Waals surface area contributed by atoms with Crippen molar-refractivity contribution in [3.8, 4) is 11.1 Å². The van der Waals surface area contributed by atoms with E-state index >= 15 is 0 Å². The molecule has 0 bridgehead atoms. The maximum atomic E-state index is 6.35. The molecule has 0 radical (unpaired) electrons. The molecule has 0 spiro atoms. The Hall–Kier alpha value is -2.11. The second-order valence-electron chi connectivity index (χ2n) is 6.07. The highest BCUT2D eigenvalue weighted by atomic mass is 35.5. The number of halogens is 1. The first-order valence-electron chi connectivity index (χ1n) is 8.18. The molecule has 1 aliphatic heterocycles. The summed E-state index contributed by atoms with van der Waals surface area (Å²) in [4.78, 5) is 4.66. The zero-order chi connectivity index (χ0) is 16.5. The molecule has 3 heterocycles. The fourth-order valence-corrected chi connectivity index (χ4v) is 3.34. The highest BCUT2D eigenvalue weighted by Crippen LogP contribution is 2.31. The number of hydrogen-bond donors (Lipinski definition) is 1. The van der Waals surface area contributed by atoms with Gasteiger partial charge in [0, 0.05) is 41.1 Å². The number of nitrogens with zero attached hydrogens (tertiary/aromatic N) is 3. The van der Waals surface area contributed by atoms with E-state index in [1.54, 1.807) is 0 Å². The van der Waals surface area contributed by atoms with Crippen LogP contribution in [0.4, 0.5) is 5.82 Å². The smallest absolute Gasteiger partial charge is 0.165 e. The van der Waals surface area contributed by atoms with Gasteiger partial charge in [-0.15, -0.1) is 0 Å². The molecule has 3 aromatic rings. The first kappa shape index (κ1) is 15.4. The normalized spacial score (nSPS) is 17.5. The Bertz CT molecular complexity index is 871. The average molecular weight is 343 g/mol. The van der Waals surface area contributed by atoms with Gasteiger partial charge < -0.3 is 10.1 Å². The van der Waals surface area contributed by atoms with Gasteiger partial charge in [0.1, 0.15) is 5.82 Å². The number of ether oxygens (including phenoxy) is 1. The summed E-state index contributed by atoms with van der Waals surface area (Å²) in [5.41, 5.74) is 3.62. The Morgan fingerprint density at radius 1 is 1.33 bits per heavy atom.